The standard InChI is InChI=1S/C35H44N5O6P/c1-8-43-21-29-38-31-32(26-17-11-12-18-27(26)37-33(31)36)40(29)23(4)20-44-47(42,39-30(22(2)3)34(41)45-35(5,6)7)46-28-19-13-15-24-14-9-10-16-25(24)28/h9-19,22-23,30H,8,20-21H2,1-7H3,(H2,36,37)(H,39,42)/t23-,30-,47-/m0/s1. The highest BCUT2D eigenvalue weighted by Crippen LogP contribution is 2.48. The number of carbonyl (C=O) groups is 1. The average Bonchev–Trinajstić information content (AvgIpc) is 3.41. The largest absolute Gasteiger partial charge is 0.459 e. The van der Waals surface area contributed by atoms with Gasteiger partial charge in [0.05, 0.1) is 23.7 Å². The Kier molecular flexibility index (Phi) is 10.2. The Morgan fingerprint density at radius 2 is 1.66 bits per heavy atom. The maximum atomic E-state index is 14.8. The Morgan fingerprint density at radius 1 is 0.979 bits per heavy atom. The second kappa shape index (κ2) is 14.0. The Morgan fingerprint density at radius 3 is 2.36 bits per heavy atom. The fourth-order valence-electron chi connectivity index (χ4n) is 5.42. The molecule has 0 bridgehead atoms. The van der Waals surface area contributed by atoms with E-state index in [0.29, 0.717) is 29.5 Å². The van der Waals surface area contributed by atoms with Gasteiger partial charge in [-0.3, -0.25) is 9.32 Å². The smallest absolute Gasteiger partial charge is 0.459 e. The number of pyridine rings is 1. The van der Waals surface area contributed by atoms with Gasteiger partial charge in [0.25, 0.3) is 0 Å². The summed E-state index contributed by atoms with van der Waals surface area (Å²) in [5, 5.41) is 5.46. The molecule has 0 unspecified atom stereocenters. The summed E-state index contributed by atoms with van der Waals surface area (Å²) in [6.07, 6.45) is 0. The number of fused-ring (bicyclic) bond motifs is 4. The quantitative estimate of drug-likeness (QED) is 0.0959. The highest BCUT2D eigenvalue weighted by Gasteiger charge is 2.38. The molecule has 12 heteroatoms. The van der Waals surface area contributed by atoms with Crippen molar-refractivity contribution in [3.05, 3.63) is 72.6 Å². The van der Waals surface area contributed by atoms with Crippen LogP contribution in [0.2, 0.25) is 0 Å². The number of benzene rings is 3. The van der Waals surface area contributed by atoms with Crippen LogP contribution in [0.3, 0.4) is 0 Å². The summed E-state index contributed by atoms with van der Waals surface area (Å²) in [5.74, 6) is 0.419. The molecular formula is C35H44N5O6P. The number of nitrogen functional groups attached to an aromatic ring is 1. The van der Waals surface area contributed by atoms with Crippen LogP contribution in [-0.2, 0) is 30.0 Å². The van der Waals surface area contributed by atoms with Crippen molar-refractivity contribution in [3.63, 3.8) is 0 Å². The van der Waals surface area contributed by atoms with E-state index in [0.717, 1.165) is 27.2 Å². The fraction of sp³-hybridized carbons (Fsp3) is 0.400. The Labute approximate surface area is 275 Å². The zero-order valence-corrected chi connectivity index (χ0v) is 28.9. The summed E-state index contributed by atoms with van der Waals surface area (Å²) in [7, 11) is -4.24. The molecule has 0 amide bonds. The molecule has 0 saturated heterocycles. The van der Waals surface area contributed by atoms with E-state index < -0.39 is 31.4 Å². The molecule has 0 aliphatic heterocycles. The number of rotatable bonds is 13. The molecule has 0 radical (unpaired) electrons. The van der Waals surface area contributed by atoms with Crippen LogP contribution in [0.5, 0.6) is 5.75 Å². The molecule has 5 aromatic rings. The van der Waals surface area contributed by atoms with Gasteiger partial charge in [0.15, 0.2) is 5.82 Å². The van der Waals surface area contributed by atoms with Gasteiger partial charge in [-0.15, -0.1) is 0 Å². The van der Waals surface area contributed by atoms with Crippen LogP contribution < -0.4 is 15.3 Å². The number of esters is 1. The van der Waals surface area contributed by atoms with Crippen LogP contribution in [0.15, 0.2) is 66.7 Å². The van der Waals surface area contributed by atoms with Gasteiger partial charge in [0.1, 0.15) is 35.3 Å². The van der Waals surface area contributed by atoms with Gasteiger partial charge >= 0.3 is 13.7 Å². The molecule has 0 saturated carbocycles. The minimum Gasteiger partial charge on any atom is -0.459 e. The van der Waals surface area contributed by atoms with Crippen LogP contribution in [0.25, 0.3) is 32.7 Å². The molecule has 0 aliphatic rings. The number of aromatic nitrogens is 3. The molecule has 0 aliphatic carbocycles. The van der Waals surface area contributed by atoms with Crippen molar-refractivity contribution in [2.75, 3.05) is 18.9 Å². The van der Waals surface area contributed by atoms with Crippen molar-refractivity contribution in [1.29, 1.82) is 0 Å². The van der Waals surface area contributed by atoms with Crippen LogP contribution >= 0.6 is 7.75 Å². The van der Waals surface area contributed by atoms with Crippen molar-refractivity contribution in [1.82, 2.24) is 19.6 Å². The minimum atomic E-state index is -4.24. The van der Waals surface area contributed by atoms with Crippen molar-refractivity contribution < 1.29 is 27.9 Å². The first-order chi connectivity index (χ1) is 22.3. The van der Waals surface area contributed by atoms with E-state index in [2.05, 4.69) is 10.1 Å². The maximum absolute atomic E-state index is 14.8. The lowest BCUT2D eigenvalue weighted by Gasteiger charge is -2.30. The van der Waals surface area contributed by atoms with E-state index in [1.807, 2.05) is 92.9 Å². The van der Waals surface area contributed by atoms with E-state index in [1.54, 1.807) is 26.8 Å². The van der Waals surface area contributed by atoms with Gasteiger partial charge in [0.2, 0.25) is 0 Å². The monoisotopic (exact) mass is 661 g/mol. The predicted molar refractivity (Wildman–Crippen MR) is 185 cm³/mol. The first kappa shape index (κ1) is 34.3. The number of hydrogen-bond donors (Lipinski definition) is 2. The maximum Gasteiger partial charge on any atom is 0.459 e. The summed E-state index contributed by atoms with van der Waals surface area (Å²) in [6, 6.07) is 19.4. The lowest BCUT2D eigenvalue weighted by molar-refractivity contribution is -0.158. The van der Waals surface area contributed by atoms with E-state index in [1.165, 1.54) is 0 Å². The molecule has 3 N–H and O–H groups in total. The highest BCUT2D eigenvalue weighted by molar-refractivity contribution is 7.52. The second-order valence-electron chi connectivity index (χ2n) is 12.8. The molecule has 3 aromatic carbocycles. The first-order valence-corrected chi connectivity index (χ1v) is 17.4. The lowest BCUT2D eigenvalue weighted by Crippen LogP contribution is -2.44. The SMILES string of the molecule is CCOCc1nc2c(N)nc3ccccc3c2n1[C@@H](C)CO[P@@](=O)(N[C@H](C(=O)OC(C)(C)C)C(C)C)Oc1cccc2ccccc12. The van der Waals surface area contributed by atoms with Gasteiger partial charge in [0, 0.05) is 17.4 Å². The van der Waals surface area contributed by atoms with Crippen molar-refractivity contribution in [3.8, 4) is 5.75 Å². The van der Waals surface area contributed by atoms with Crippen LogP contribution in [0.4, 0.5) is 5.82 Å². The Bertz CT molecular complexity index is 1930. The molecular weight excluding hydrogens is 617 g/mol. The van der Waals surface area contributed by atoms with Crippen LogP contribution in [0.1, 0.15) is 60.3 Å². The van der Waals surface area contributed by atoms with Crippen molar-refractivity contribution in [2.45, 2.75) is 72.8 Å². The van der Waals surface area contributed by atoms with Crippen molar-refractivity contribution >= 4 is 52.2 Å². The third kappa shape index (κ3) is 7.76. The van der Waals surface area contributed by atoms with Crippen LogP contribution in [0, 0.1) is 5.92 Å². The van der Waals surface area contributed by atoms with Crippen LogP contribution in [-0.4, -0.2) is 45.4 Å². The number of anilines is 1. The number of ether oxygens (including phenoxy) is 2. The van der Waals surface area contributed by atoms with Gasteiger partial charge in [-0.05, 0) is 58.1 Å². The summed E-state index contributed by atoms with van der Waals surface area (Å²) < 4.78 is 40.8. The van der Waals surface area contributed by atoms with Gasteiger partial charge in [-0.25, -0.2) is 14.5 Å². The molecule has 3 atom stereocenters. The summed E-state index contributed by atoms with van der Waals surface area (Å²) >= 11 is 0. The zero-order chi connectivity index (χ0) is 33.9. The summed E-state index contributed by atoms with van der Waals surface area (Å²) in [6.45, 7) is 13.5. The Balaban J connectivity index is 1.55. The second-order valence-corrected chi connectivity index (χ2v) is 14.5. The number of nitrogens with zero attached hydrogens (tertiary/aromatic N) is 3. The lowest BCUT2D eigenvalue weighted by atomic mass is 10.1. The normalized spacial score (nSPS) is 14.8. The third-order valence-corrected chi connectivity index (χ3v) is 9.10. The molecule has 47 heavy (non-hydrogen) atoms. The molecule has 0 fully saturated rings. The number of hydrogen-bond acceptors (Lipinski definition) is 9. The number of nitrogens with one attached hydrogen (secondary N) is 1. The first-order valence-electron chi connectivity index (χ1n) is 15.9. The molecule has 2 heterocycles. The highest BCUT2D eigenvalue weighted by atomic mass is 31.2. The van der Waals surface area contributed by atoms with Gasteiger partial charge in [-0.2, -0.15) is 5.09 Å². The van der Waals surface area contributed by atoms with Gasteiger partial charge in [-0.1, -0.05) is 68.4 Å². The molecule has 250 valence electrons. The Hall–Kier alpha value is -4.02. The number of carbonyl (C=O) groups excluding carboxylic acids is 1. The van der Waals surface area contributed by atoms with Crippen molar-refractivity contribution in [2.24, 2.45) is 5.92 Å². The minimum absolute atomic E-state index is 0.0741. The van der Waals surface area contributed by atoms with E-state index in [9.17, 15) is 9.36 Å². The van der Waals surface area contributed by atoms with E-state index in [4.69, 9.17) is 29.2 Å². The average molecular weight is 662 g/mol. The zero-order valence-electron chi connectivity index (χ0n) is 28.0. The molecule has 0 spiro atoms. The summed E-state index contributed by atoms with van der Waals surface area (Å²) in [5.41, 5.74) is 7.67. The molecule has 5 rings (SSSR count). The molecule has 11 nitrogen and oxygen atoms in total. The van der Waals surface area contributed by atoms with Gasteiger partial charge < -0.3 is 24.3 Å². The fourth-order valence-corrected chi connectivity index (χ4v) is 7.18. The van der Waals surface area contributed by atoms with E-state index >= 15 is 0 Å². The topological polar surface area (TPSA) is 140 Å². The number of nitrogens with two attached hydrogens (primary N) is 1. The third-order valence-electron chi connectivity index (χ3n) is 7.58. The van der Waals surface area contributed by atoms with E-state index in [-0.39, 0.29) is 19.1 Å². The number of imidazole rings is 1. The number of para-hydroxylation sites is 1. The molecule has 2 aromatic heterocycles. The summed E-state index contributed by atoms with van der Waals surface area (Å²) in [4.78, 5) is 22.7. The predicted octanol–water partition coefficient (Wildman–Crippen LogP) is 7.58.